The third-order valence-electron chi connectivity index (χ3n) is 3.67. The summed E-state index contributed by atoms with van der Waals surface area (Å²) in [6.07, 6.45) is 7.90. The number of carbonyl (C=O) groups excluding carboxylic acids is 1. The van der Waals surface area contributed by atoms with Crippen molar-refractivity contribution in [2.75, 3.05) is 31.6 Å². The maximum atomic E-state index is 12.5. The van der Waals surface area contributed by atoms with Gasteiger partial charge in [0, 0.05) is 32.9 Å². The van der Waals surface area contributed by atoms with Gasteiger partial charge in [0.05, 0.1) is 5.56 Å². The maximum Gasteiger partial charge on any atom is 0.257 e. The van der Waals surface area contributed by atoms with Gasteiger partial charge in [-0.1, -0.05) is 6.08 Å². The van der Waals surface area contributed by atoms with Crippen molar-refractivity contribution in [3.05, 3.63) is 36.5 Å². The number of pyridine rings is 1. The molecular formula is C16H23N3O. The van der Waals surface area contributed by atoms with Crippen LogP contribution < -0.4 is 4.90 Å². The van der Waals surface area contributed by atoms with E-state index in [9.17, 15) is 4.79 Å². The number of anilines is 1. The molecule has 2 rings (SSSR count). The van der Waals surface area contributed by atoms with Gasteiger partial charge >= 0.3 is 0 Å². The minimum Gasteiger partial charge on any atom is -0.356 e. The van der Waals surface area contributed by atoms with Crippen molar-refractivity contribution >= 4 is 11.7 Å². The van der Waals surface area contributed by atoms with Gasteiger partial charge in [0.2, 0.25) is 0 Å². The topological polar surface area (TPSA) is 36.4 Å². The van der Waals surface area contributed by atoms with Gasteiger partial charge in [0.25, 0.3) is 5.91 Å². The van der Waals surface area contributed by atoms with Gasteiger partial charge in [-0.25, -0.2) is 4.98 Å². The zero-order valence-corrected chi connectivity index (χ0v) is 12.2. The fourth-order valence-corrected chi connectivity index (χ4v) is 2.52. The van der Waals surface area contributed by atoms with Crippen LogP contribution in [0.1, 0.15) is 36.0 Å². The second-order valence-electron chi connectivity index (χ2n) is 5.23. The van der Waals surface area contributed by atoms with Crippen LogP contribution in [0.15, 0.2) is 31.0 Å². The number of carbonyl (C=O) groups is 1. The van der Waals surface area contributed by atoms with E-state index in [2.05, 4.69) is 16.5 Å². The van der Waals surface area contributed by atoms with E-state index >= 15 is 0 Å². The van der Waals surface area contributed by atoms with E-state index in [0.717, 1.165) is 43.9 Å². The normalized spacial score (nSPS) is 14.3. The zero-order chi connectivity index (χ0) is 14.4. The van der Waals surface area contributed by atoms with Crippen molar-refractivity contribution in [2.24, 2.45) is 0 Å². The maximum absolute atomic E-state index is 12.5. The van der Waals surface area contributed by atoms with Crippen LogP contribution in [-0.4, -0.2) is 42.5 Å². The molecule has 0 bridgehead atoms. The molecule has 0 saturated carbocycles. The summed E-state index contributed by atoms with van der Waals surface area (Å²) in [4.78, 5) is 21.0. The molecule has 108 valence electrons. The molecule has 4 nitrogen and oxygen atoms in total. The van der Waals surface area contributed by atoms with Crippen LogP contribution in [0.5, 0.6) is 0 Å². The molecule has 2 heterocycles. The van der Waals surface area contributed by atoms with Crippen LogP contribution in [0.4, 0.5) is 5.82 Å². The highest BCUT2D eigenvalue weighted by atomic mass is 16.2. The molecule has 0 radical (unpaired) electrons. The minimum atomic E-state index is 0.0593. The number of allylic oxidation sites excluding steroid dienone is 1. The molecule has 1 aromatic rings. The quantitative estimate of drug-likeness (QED) is 0.590. The number of amides is 1. The molecule has 1 fully saturated rings. The summed E-state index contributed by atoms with van der Waals surface area (Å²) in [6.45, 7) is 6.45. The lowest BCUT2D eigenvalue weighted by Gasteiger charge is -2.22. The Morgan fingerprint density at radius 1 is 1.50 bits per heavy atom. The smallest absolute Gasteiger partial charge is 0.257 e. The molecule has 0 aliphatic carbocycles. The zero-order valence-electron chi connectivity index (χ0n) is 12.2. The lowest BCUT2D eigenvalue weighted by Crippen LogP contribution is -2.30. The minimum absolute atomic E-state index is 0.0593. The number of nitrogens with zero attached hydrogens (tertiary/aromatic N) is 3. The summed E-state index contributed by atoms with van der Waals surface area (Å²) in [5.74, 6) is 0.898. The third-order valence-corrected chi connectivity index (χ3v) is 3.67. The number of rotatable bonds is 6. The largest absolute Gasteiger partial charge is 0.356 e. The van der Waals surface area contributed by atoms with E-state index in [1.165, 1.54) is 12.8 Å². The predicted molar refractivity (Wildman–Crippen MR) is 82.1 cm³/mol. The Morgan fingerprint density at radius 3 is 2.95 bits per heavy atom. The van der Waals surface area contributed by atoms with E-state index in [0.29, 0.717) is 0 Å². The molecule has 1 aliphatic heterocycles. The van der Waals surface area contributed by atoms with Crippen molar-refractivity contribution in [1.82, 2.24) is 9.88 Å². The molecule has 0 atom stereocenters. The Morgan fingerprint density at radius 2 is 2.25 bits per heavy atom. The van der Waals surface area contributed by atoms with Crippen LogP contribution in [0.2, 0.25) is 0 Å². The Kier molecular flexibility index (Phi) is 5.16. The molecule has 0 unspecified atom stereocenters. The second-order valence-corrected chi connectivity index (χ2v) is 5.23. The van der Waals surface area contributed by atoms with Crippen LogP contribution in [-0.2, 0) is 0 Å². The van der Waals surface area contributed by atoms with Crippen molar-refractivity contribution in [2.45, 2.75) is 25.7 Å². The lowest BCUT2D eigenvalue weighted by atomic mass is 10.2. The number of aromatic nitrogens is 1. The molecule has 1 saturated heterocycles. The fraction of sp³-hybridized carbons (Fsp3) is 0.500. The first-order valence-electron chi connectivity index (χ1n) is 7.30. The summed E-state index contributed by atoms with van der Waals surface area (Å²) in [7, 11) is 1.85. The molecule has 1 aliphatic rings. The molecule has 0 N–H and O–H groups in total. The Hall–Kier alpha value is -1.84. The molecule has 4 heteroatoms. The fourth-order valence-electron chi connectivity index (χ4n) is 2.52. The Labute approximate surface area is 121 Å². The predicted octanol–water partition coefficient (Wildman–Crippen LogP) is 2.72. The highest BCUT2D eigenvalue weighted by molar-refractivity contribution is 5.98. The third kappa shape index (κ3) is 3.38. The van der Waals surface area contributed by atoms with E-state index in [1.54, 1.807) is 11.1 Å². The Balaban J connectivity index is 2.10. The highest BCUT2D eigenvalue weighted by Crippen LogP contribution is 2.22. The molecule has 0 spiro atoms. The monoisotopic (exact) mass is 273 g/mol. The summed E-state index contributed by atoms with van der Waals surface area (Å²) in [6, 6.07) is 3.72. The first kappa shape index (κ1) is 14.6. The summed E-state index contributed by atoms with van der Waals surface area (Å²) in [5.41, 5.74) is 0.718. The van der Waals surface area contributed by atoms with Crippen LogP contribution >= 0.6 is 0 Å². The van der Waals surface area contributed by atoms with Crippen molar-refractivity contribution in [3.8, 4) is 0 Å². The molecule has 1 amide bonds. The van der Waals surface area contributed by atoms with Gasteiger partial charge in [-0.2, -0.15) is 0 Å². The average molecular weight is 273 g/mol. The SMILES string of the molecule is C=CCCCN(C)C(=O)c1cccnc1N1CCCC1. The summed E-state index contributed by atoms with van der Waals surface area (Å²) >= 11 is 0. The molecular weight excluding hydrogens is 250 g/mol. The Bertz CT molecular complexity index is 467. The standard InChI is InChI=1S/C16H23N3O/c1-3-4-5-11-18(2)16(20)14-9-8-10-17-15(14)19-12-6-7-13-19/h3,8-10H,1,4-7,11-13H2,2H3. The number of hydrogen-bond donors (Lipinski definition) is 0. The van der Waals surface area contributed by atoms with Crippen LogP contribution in [0, 0.1) is 0 Å². The van der Waals surface area contributed by atoms with E-state index in [4.69, 9.17) is 0 Å². The van der Waals surface area contributed by atoms with Crippen molar-refractivity contribution < 1.29 is 4.79 Å². The van der Waals surface area contributed by atoms with Gasteiger partial charge < -0.3 is 9.80 Å². The van der Waals surface area contributed by atoms with Crippen molar-refractivity contribution in [1.29, 1.82) is 0 Å². The molecule has 1 aromatic heterocycles. The van der Waals surface area contributed by atoms with E-state index in [-0.39, 0.29) is 5.91 Å². The van der Waals surface area contributed by atoms with Crippen molar-refractivity contribution in [3.63, 3.8) is 0 Å². The van der Waals surface area contributed by atoms with Crippen LogP contribution in [0.3, 0.4) is 0 Å². The summed E-state index contributed by atoms with van der Waals surface area (Å²) < 4.78 is 0. The van der Waals surface area contributed by atoms with Crippen LogP contribution in [0.25, 0.3) is 0 Å². The average Bonchev–Trinajstić information content (AvgIpc) is 3.00. The highest BCUT2D eigenvalue weighted by Gasteiger charge is 2.22. The number of hydrogen-bond acceptors (Lipinski definition) is 3. The van der Waals surface area contributed by atoms with E-state index in [1.807, 2.05) is 25.3 Å². The van der Waals surface area contributed by atoms with Gasteiger partial charge in [-0.05, 0) is 37.8 Å². The molecule has 0 aromatic carbocycles. The first-order chi connectivity index (χ1) is 9.74. The number of unbranched alkanes of at least 4 members (excludes halogenated alkanes) is 1. The summed E-state index contributed by atoms with van der Waals surface area (Å²) in [5, 5.41) is 0. The first-order valence-corrected chi connectivity index (χ1v) is 7.30. The molecule has 20 heavy (non-hydrogen) atoms. The van der Waals surface area contributed by atoms with Gasteiger partial charge in [0.1, 0.15) is 5.82 Å². The lowest BCUT2D eigenvalue weighted by molar-refractivity contribution is 0.0794. The second kappa shape index (κ2) is 7.08. The van der Waals surface area contributed by atoms with E-state index < -0.39 is 0 Å². The van der Waals surface area contributed by atoms with Gasteiger partial charge in [-0.15, -0.1) is 6.58 Å². The van der Waals surface area contributed by atoms with Gasteiger partial charge in [0.15, 0.2) is 0 Å². The van der Waals surface area contributed by atoms with Gasteiger partial charge in [-0.3, -0.25) is 4.79 Å².